The van der Waals surface area contributed by atoms with Crippen molar-refractivity contribution < 1.29 is 9.53 Å². The van der Waals surface area contributed by atoms with Crippen LogP contribution in [-0.2, 0) is 9.53 Å². The maximum Gasteiger partial charge on any atom is 0.225 e. The zero-order valence-corrected chi connectivity index (χ0v) is 14.5. The largest absolute Gasteiger partial charge is 0.382 e. The first-order valence-electron chi connectivity index (χ1n) is 8.53. The Balaban J connectivity index is 1.76. The average molecular weight is 320 g/mol. The van der Waals surface area contributed by atoms with Crippen LogP contribution in [0.15, 0.2) is 6.07 Å². The van der Waals surface area contributed by atoms with Crippen LogP contribution >= 0.6 is 0 Å². The minimum absolute atomic E-state index is 0.101. The van der Waals surface area contributed by atoms with Crippen LogP contribution in [0.4, 0.5) is 5.95 Å². The van der Waals surface area contributed by atoms with Gasteiger partial charge in [-0.1, -0.05) is 0 Å². The number of aryl methyl sites for hydroxylation is 2. The monoisotopic (exact) mass is 320 g/mol. The predicted molar refractivity (Wildman–Crippen MR) is 90.6 cm³/mol. The smallest absolute Gasteiger partial charge is 0.225 e. The Hall–Kier alpha value is -1.69. The van der Waals surface area contributed by atoms with Gasteiger partial charge < -0.3 is 15.0 Å². The molecule has 0 spiro atoms. The van der Waals surface area contributed by atoms with Crippen molar-refractivity contribution in [2.24, 2.45) is 5.92 Å². The normalized spacial score (nSPS) is 15.7. The number of hydrogen-bond donors (Lipinski definition) is 1. The number of carbonyl (C=O) groups is 1. The van der Waals surface area contributed by atoms with Gasteiger partial charge in [0.15, 0.2) is 0 Å². The molecule has 0 bridgehead atoms. The van der Waals surface area contributed by atoms with E-state index in [-0.39, 0.29) is 11.8 Å². The van der Waals surface area contributed by atoms with Crippen molar-refractivity contribution in [2.75, 3.05) is 37.7 Å². The third kappa shape index (κ3) is 5.46. The number of ether oxygens (including phenoxy) is 1. The van der Waals surface area contributed by atoms with Crippen LogP contribution < -0.4 is 10.2 Å². The Bertz CT molecular complexity index is 493. The first kappa shape index (κ1) is 17.7. The lowest BCUT2D eigenvalue weighted by Crippen LogP contribution is -2.41. The number of nitrogens with one attached hydrogen (secondary N) is 1. The molecule has 1 saturated heterocycles. The van der Waals surface area contributed by atoms with Gasteiger partial charge in [0, 0.05) is 50.2 Å². The molecule has 1 aliphatic heterocycles. The molecule has 0 unspecified atom stereocenters. The van der Waals surface area contributed by atoms with Gasteiger partial charge in [-0.15, -0.1) is 0 Å². The summed E-state index contributed by atoms with van der Waals surface area (Å²) in [6.45, 7) is 9.75. The minimum Gasteiger partial charge on any atom is -0.382 e. The second-order valence-electron chi connectivity index (χ2n) is 6.05. The number of aromatic nitrogens is 2. The molecule has 1 fully saturated rings. The number of carbonyl (C=O) groups excluding carboxylic acids is 1. The summed E-state index contributed by atoms with van der Waals surface area (Å²) >= 11 is 0. The Morgan fingerprint density at radius 1 is 1.30 bits per heavy atom. The van der Waals surface area contributed by atoms with Crippen molar-refractivity contribution in [3.63, 3.8) is 0 Å². The van der Waals surface area contributed by atoms with Gasteiger partial charge in [-0.25, -0.2) is 9.97 Å². The van der Waals surface area contributed by atoms with E-state index >= 15 is 0 Å². The SMILES string of the molecule is CCOCCCNC(=O)C1CCN(c2nc(C)cc(C)n2)CC1. The van der Waals surface area contributed by atoms with E-state index in [4.69, 9.17) is 4.74 Å². The van der Waals surface area contributed by atoms with Gasteiger partial charge in [-0.3, -0.25) is 4.79 Å². The number of amides is 1. The number of nitrogens with zero attached hydrogens (tertiary/aromatic N) is 3. The lowest BCUT2D eigenvalue weighted by Gasteiger charge is -2.31. The zero-order chi connectivity index (χ0) is 16.7. The number of hydrogen-bond acceptors (Lipinski definition) is 5. The molecular formula is C17H28N4O2. The number of rotatable bonds is 7. The summed E-state index contributed by atoms with van der Waals surface area (Å²) in [5.74, 6) is 1.06. The van der Waals surface area contributed by atoms with Gasteiger partial charge in [-0.2, -0.15) is 0 Å². The van der Waals surface area contributed by atoms with E-state index in [1.165, 1.54) is 0 Å². The van der Waals surface area contributed by atoms with E-state index in [0.29, 0.717) is 13.2 Å². The Labute approximate surface area is 138 Å². The Kier molecular flexibility index (Phi) is 6.77. The van der Waals surface area contributed by atoms with E-state index < -0.39 is 0 Å². The number of anilines is 1. The van der Waals surface area contributed by atoms with Crippen LogP contribution in [0.1, 0.15) is 37.6 Å². The fourth-order valence-corrected chi connectivity index (χ4v) is 2.86. The molecule has 6 nitrogen and oxygen atoms in total. The van der Waals surface area contributed by atoms with Crippen LogP contribution in [0.3, 0.4) is 0 Å². The summed E-state index contributed by atoms with van der Waals surface area (Å²) in [4.78, 5) is 23.4. The van der Waals surface area contributed by atoms with E-state index in [2.05, 4.69) is 20.2 Å². The van der Waals surface area contributed by atoms with E-state index in [1.807, 2.05) is 26.8 Å². The molecule has 1 aromatic rings. The van der Waals surface area contributed by atoms with Gasteiger partial charge in [0.05, 0.1) is 0 Å². The van der Waals surface area contributed by atoms with Gasteiger partial charge in [-0.05, 0) is 46.1 Å². The van der Waals surface area contributed by atoms with Crippen molar-refractivity contribution in [3.8, 4) is 0 Å². The average Bonchev–Trinajstić information content (AvgIpc) is 2.54. The third-order valence-electron chi connectivity index (χ3n) is 4.09. The summed E-state index contributed by atoms with van der Waals surface area (Å²) in [6.07, 6.45) is 2.58. The van der Waals surface area contributed by atoms with Gasteiger partial charge in [0.1, 0.15) is 0 Å². The highest BCUT2D eigenvalue weighted by atomic mass is 16.5. The van der Waals surface area contributed by atoms with Gasteiger partial charge >= 0.3 is 0 Å². The summed E-state index contributed by atoms with van der Waals surface area (Å²) in [5.41, 5.74) is 1.98. The Morgan fingerprint density at radius 2 is 1.96 bits per heavy atom. The van der Waals surface area contributed by atoms with Crippen molar-refractivity contribution in [3.05, 3.63) is 17.5 Å². The molecule has 0 atom stereocenters. The number of piperidine rings is 1. The summed E-state index contributed by atoms with van der Waals surface area (Å²) in [6, 6.07) is 1.98. The lowest BCUT2D eigenvalue weighted by atomic mass is 9.96. The molecule has 6 heteroatoms. The quantitative estimate of drug-likeness (QED) is 0.777. The second-order valence-corrected chi connectivity index (χ2v) is 6.05. The molecule has 1 aliphatic rings. The molecule has 0 aliphatic carbocycles. The van der Waals surface area contributed by atoms with Crippen molar-refractivity contribution in [2.45, 2.75) is 40.0 Å². The molecule has 128 valence electrons. The Morgan fingerprint density at radius 3 is 2.57 bits per heavy atom. The molecule has 1 N–H and O–H groups in total. The summed E-state index contributed by atoms with van der Waals surface area (Å²) in [5, 5.41) is 3.02. The van der Waals surface area contributed by atoms with Crippen LogP contribution in [0.5, 0.6) is 0 Å². The molecule has 1 amide bonds. The molecular weight excluding hydrogens is 292 g/mol. The van der Waals surface area contributed by atoms with E-state index in [1.54, 1.807) is 0 Å². The predicted octanol–water partition coefficient (Wildman–Crippen LogP) is 1.85. The van der Waals surface area contributed by atoms with E-state index in [9.17, 15) is 4.79 Å². The molecule has 0 radical (unpaired) electrons. The van der Waals surface area contributed by atoms with Crippen molar-refractivity contribution in [1.29, 1.82) is 0 Å². The fraction of sp³-hybridized carbons (Fsp3) is 0.706. The molecule has 23 heavy (non-hydrogen) atoms. The van der Waals surface area contributed by atoms with Crippen LogP contribution in [0.25, 0.3) is 0 Å². The highest BCUT2D eigenvalue weighted by Gasteiger charge is 2.26. The zero-order valence-electron chi connectivity index (χ0n) is 14.5. The maximum atomic E-state index is 12.2. The first-order chi connectivity index (χ1) is 11.1. The van der Waals surface area contributed by atoms with Crippen LogP contribution in [0, 0.1) is 19.8 Å². The topological polar surface area (TPSA) is 67.3 Å². The molecule has 0 aromatic carbocycles. The molecule has 2 rings (SSSR count). The second kappa shape index (κ2) is 8.82. The van der Waals surface area contributed by atoms with Crippen molar-refractivity contribution in [1.82, 2.24) is 15.3 Å². The summed E-state index contributed by atoms with van der Waals surface area (Å²) in [7, 11) is 0. The summed E-state index contributed by atoms with van der Waals surface area (Å²) < 4.78 is 5.27. The molecule has 0 saturated carbocycles. The molecule has 1 aromatic heterocycles. The first-order valence-corrected chi connectivity index (χ1v) is 8.53. The minimum atomic E-state index is 0.101. The van der Waals surface area contributed by atoms with E-state index in [0.717, 1.165) is 56.3 Å². The van der Waals surface area contributed by atoms with Crippen LogP contribution in [0.2, 0.25) is 0 Å². The van der Waals surface area contributed by atoms with Gasteiger partial charge in [0.2, 0.25) is 11.9 Å². The highest BCUT2D eigenvalue weighted by molar-refractivity contribution is 5.78. The third-order valence-corrected chi connectivity index (χ3v) is 4.09. The fourth-order valence-electron chi connectivity index (χ4n) is 2.86. The standard InChI is InChI=1S/C17H28N4O2/c1-4-23-11-5-8-18-16(22)15-6-9-21(10-7-15)17-19-13(2)12-14(3)20-17/h12,15H,4-11H2,1-3H3,(H,18,22). The van der Waals surface area contributed by atoms with Crippen LogP contribution in [-0.4, -0.2) is 48.7 Å². The maximum absolute atomic E-state index is 12.2. The lowest BCUT2D eigenvalue weighted by molar-refractivity contribution is -0.125. The molecule has 2 heterocycles. The highest BCUT2D eigenvalue weighted by Crippen LogP contribution is 2.21. The van der Waals surface area contributed by atoms with Crippen molar-refractivity contribution >= 4 is 11.9 Å². The van der Waals surface area contributed by atoms with Gasteiger partial charge in [0.25, 0.3) is 0 Å².